The van der Waals surface area contributed by atoms with E-state index in [-0.39, 0.29) is 5.82 Å². The Morgan fingerprint density at radius 3 is 2.44 bits per heavy atom. The molecular formula is C13H12ClFN2S. The number of aromatic nitrogens is 2. The standard InChI is InChI=1S/C13H12ClFN2S/c1-8-5-9(2)17-13(16-8)18-7-10-3-4-11(14)6-12(10)15/h3-6H,7H2,1-2H3. The molecule has 0 bridgehead atoms. The molecular weight excluding hydrogens is 271 g/mol. The minimum Gasteiger partial charge on any atom is -0.228 e. The molecule has 0 aliphatic rings. The molecule has 0 saturated heterocycles. The molecule has 0 atom stereocenters. The summed E-state index contributed by atoms with van der Waals surface area (Å²) in [5, 5.41) is 1.07. The zero-order valence-corrected chi connectivity index (χ0v) is 11.6. The molecule has 2 aromatic rings. The molecule has 0 aliphatic heterocycles. The molecule has 5 heteroatoms. The van der Waals surface area contributed by atoms with Gasteiger partial charge in [-0.3, -0.25) is 0 Å². The molecule has 0 saturated carbocycles. The number of rotatable bonds is 3. The highest BCUT2D eigenvalue weighted by atomic mass is 35.5. The summed E-state index contributed by atoms with van der Waals surface area (Å²) in [5.41, 5.74) is 2.44. The number of hydrogen-bond acceptors (Lipinski definition) is 3. The number of aryl methyl sites for hydroxylation is 2. The van der Waals surface area contributed by atoms with Crippen molar-refractivity contribution in [3.05, 3.63) is 52.1 Å². The highest BCUT2D eigenvalue weighted by Crippen LogP contribution is 2.23. The Hall–Kier alpha value is -1.13. The third kappa shape index (κ3) is 3.43. The van der Waals surface area contributed by atoms with Crippen molar-refractivity contribution < 1.29 is 4.39 Å². The maximum atomic E-state index is 13.6. The van der Waals surface area contributed by atoms with E-state index in [2.05, 4.69) is 9.97 Å². The minimum absolute atomic E-state index is 0.292. The van der Waals surface area contributed by atoms with Gasteiger partial charge >= 0.3 is 0 Å². The molecule has 0 N–H and O–H groups in total. The van der Waals surface area contributed by atoms with Gasteiger partial charge in [0, 0.05) is 22.2 Å². The molecule has 0 fully saturated rings. The van der Waals surface area contributed by atoms with Crippen molar-refractivity contribution in [1.29, 1.82) is 0 Å². The molecule has 1 heterocycles. The van der Waals surface area contributed by atoms with E-state index in [1.807, 2.05) is 19.9 Å². The zero-order chi connectivity index (χ0) is 13.1. The smallest absolute Gasteiger partial charge is 0.188 e. The number of hydrogen-bond donors (Lipinski definition) is 0. The molecule has 0 radical (unpaired) electrons. The van der Waals surface area contributed by atoms with Gasteiger partial charge in [0.15, 0.2) is 5.16 Å². The summed E-state index contributed by atoms with van der Waals surface area (Å²) in [6.07, 6.45) is 0. The van der Waals surface area contributed by atoms with Crippen LogP contribution in [0.25, 0.3) is 0 Å². The number of thioether (sulfide) groups is 1. The molecule has 0 spiro atoms. The largest absolute Gasteiger partial charge is 0.228 e. The topological polar surface area (TPSA) is 25.8 Å². The molecule has 0 amide bonds. The van der Waals surface area contributed by atoms with Gasteiger partial charge in [0.05, 0.1) is 0 Å². The predicted octanol–water partition coefficient (Wildman–Crippen LogP) is 4.18. The summed E-state index contributed by atoms with van der Waals surface area (Å²) in [4.78, 5) is 8.60. The van der Waals surface area contributed by atoms with Crippen molar-refractivity contribution in [2.24, 2.45) is 0 Å². The van der Waals surface area contributed by atoms with E-state index in [0.29, 0.717) is 21.5 Å². The van der Waals surface area contributed by atoms with E-state index in [4.69, 9.17) is 11.6 Å². The lowest BCUT2D eigenvalue weighted by Gasteiger charge is -2.04. The van der Waals surface area contributed by atoms with Crippen molar-refractivity contribution in [3.63, 3.8) is 0 Å². The summed E-state index contributed by atoms with van der Waals surface area (Å²) in [6, 6.07) is 6.60. The monoisotopic (exact) mass is 282 g/mol. The van der Waals surface area contributed by atoms with Crippen LogP contribution in [-0.2, 0) is 5.75 Å². The second-order valence-corrected chi connectivity index (χ2v) is 5.34. The maximum Gasteiger partial charge on any atom is 0.188 e. The van der Waals surface area contributed by atoms with E-state index in [1.165, 1.54) is 17.8 Å². The number of halogens is 2. The first-order valence-electron chi connectivity index (χ1n) is 5.43. The van der Waals surface area contributed by atoms with Crippen LogP contribution < -0.4 is 0 Å². The van der Waals surface area contributed by atoms with E-state index in [9.17, 15) is 4.39 Å². The fourth-order valence-electron chi connectivity index (χ4n) is 1.54. The van der Waals surface area contributed by atoms with Crippen LogP contribution in [0, 0.1) is 19.7 Å². The van der Waals surface area contributed by atoms with Gasteiger partial charge in [0.2, 0.25) is 0 Å². The van der Waals surface area contributed by atoms with Gasteiger partial charge in [-0.25, -0.2) is 14.4 Å². The van der Waals surface area contributed by atoms with Crippen molar-refractivity contribution >= 4 is 23.4 Å². The van der Waals surface area contributed by atoms with Crippen molar-refractivity contribution in [1.82, 2.24) is 9.97 Å². The molecule has 2 rings (SSSR count). The zero-order valence-electron chi connectivity index (χ0n) is 10.1. The summed E-state index contributed by atoms with van der Waals surface area (Å²) in [5.74, 6) is 0.200. The Balaban J connectivity index is 2.11. The van der Waals surface area contributed by atoms with Gasteiger partial charge in [-0.15, -0.1) is 0 Å². The normalized spacial score (nSPS) is 10.7. The van der Waals surface area contributed by atoms with Crippen LogP contribution in [0.3, 0.4) is 0 Å². The highest BCUT2D eigenvalue weighted by Gasteiger charge is 2.06. The summed E-state index contributed by atoms with van der Waals surface area (Å²) in [7, 11) is 0. The van der Waals surface area contributed by atoms with Gasteiger partial charge < -0.3 is 0 Å². The van der Waals surface area contributed by atoms with Crippen molar-refractivity contribution in [3.8, 4) is 0 Å². The van der Waals surface area contributed by atoms with Gasteiger partial charge in [-0.05, 0) is 37.6 Å². The van der Waals surface area contributed by atoms with E-state index < -0.39 is 0 Å². The molecule has 94 valence electrons. The molecule has 18 heavy (non-hydrogen) atoms. The number of nitrogens with zero attached hydrogens (tertiary/aromatic N) is 2. The molecule has 2 nitrogen and oxygen atoms in total. The lowest BCUT2D eigenvalue weighted by atomic mass is 10.2. The van der Waals surface area contributed by atoms with Crippen LogP contribution in [0.5, 0.6) is 0 Å². The second kappa shape index (κ2) is 5.67. The minimum atomic E-state index is -0.292. The van der Waals surface area contributed by atoms with Crippen LogP contribution in [0.15, 0.2) is 29.4 Å². The van der Waals surface area contributed by atoms with E-state index in [1.54, 1.807) is 12.1 Å². The predicted molar refractivity (Wildman–Crippen MR) is 72.5 cm³/mol. The third-order valence-corrected chi connectivity index (χ3v) is 3.46. The first kappa shape index (κ1) is 13.3. The Morgan fingerprint density at radius 1 is 1.17 bits per heavy atom. The maximum absolute atomic E-state index is 13.6. The first-order chi connectivity index (χ1) is 8.54. The van der Waals surface area contributed by atoms with Gasteiger partial charge in [-0.2, -0.15) is 0 Å². The fourth-order valence-corrected chi connectivity index (χ4v) is 2.63. The highest BCUT2D eigenvalue weighted by molar-refractivity contribution is 7.98. The third-order valence-electron chi connectivity index (χ3n) is 2.33. The Bertz CT molecular complexity index is 555. The van der Waals surface area contributed by atoms with E-state index in [0.717, 1.165) is 11.4 Å². The van der Waals surface area contributed by atoms with Crippen LogP contribution in [0.1, 0.15) is 17.0 Å². The van der Waals surface area contributed by atoms with Crippen LogP contribution in [0.4, 0.5) is 4.39 Å². The van der Waals surface area contributed by atoms with Crippen molar-refractivity contribution in [2.45, 2.75) is 24.8 Å². The van der Waals surface area contributed by atoms with Crippen LogP contribution in [0.2, 0.25) is 5.02 Å². The SMILES string of the molecule is Cc1cc(C)nc(SCc2ccc(Cl)cc2F)n1. The lowest BCUT2D eigenvalue weighted by Crippen LogP contribution is -1.94. The Morgan fingerprint density at radius 2 is 1.83 bits per heavy atom. The molecule has 0 unspecified atom stereocenters. The van der Waals surface area contributed by atoms with Crippen molar-refractivity contribution in [2.75, 3.05) is 0 Å². The average Bonchev–Trinajstić information content (AvgIpc) is 2.26. The van der Waals surface area contributed by atoms with Gasteiger partial charge in [0.1, 0.15) is 5.82 Å². The summed E-state index contributed by atoms with van der Waals surface area (Å²) in [6.45, 7) is 3.84. The molecule has 1 aromatic heterocycles. The van der Waals surface area contributed by atoms with Gasteiger partial charge in [-0.1, -0.05) is 29.4 Å². The lowest BCUT2D eigenvalue weighted by molar-refractivity contribution is 0.617. The average molecular weight is 283 g/mol. The molecule has 1 aromatic carbocycles. The summed E-state index contributed by atoms with van der Waals surface area (Å²) >= 11 is 7.12. The first-order valence-corrected chi connectivity index (χ1v) is 6.80. The Kier molecular flexibility index (Phi) is 4.19. The Labute approximate surface area is 115 Å². The number of benzene rings is 1. The molecule has 0 aliphatic carbocycles. The second-order valence-electron chi connectivity index (χ2n) is 3.96. The van der Waals surface area contributed by atoms with E-state index >= 15 is 0 Å². The van der Waals surface area contributed by atoms with Gasteiger partial charge in [0.25, 0.3) is 0 Å². The quantitative estimate of drug-likeness (QED) is 0.624. The summed E-state index contributed by atoms with van der Waals surface area (Å²) < 4.78 is 13.6. The van der Waals surface area contributed by atoms with Crippen LogP contribution >= 0.6 is 23.4 Å². The van der Waals surface area contributed by atoms with Crippen LogP contribution in [-0.4, -0.2) is 9.97 Å². The fraction of sp³-hybridized carbons (Fsp3) is 0.231.